The van der Waals surface area contributed by atoms with Crippen LogP contribution in [0.1, 0.15) is 55.4 Å². The summed E-state index contributed by atoms with van der Waals surface area (Å²) in [6, 6.07) is 12.4. The minimum absolute atomic E-state index is 0.403. The van der Waals surface area contributed by atoms with Gasteiger partial charge in [0.15, 0.2) is 0 Å². The maximum absolute atomic E-state index is 6.33. The predicted molar refractivity (Wildman–Crippen MR) is 126 cm³/mol. The second kappa shape index (κ2) is 6.38. The fourth-order valence-electron chi connectivity index (χ4n) is 4.24. The third-order valence-corrected chi connectivity index (χ3v) is 7.66. The number of nitrogens with zero attached hydrogens (tertiary/aromatic N) is 1. The minimum Gasteiger partial charge on any atom is -0.657 e. The molecule has 0 atom stereocenters. The molecule has 0 N–H and O–H groups in total. The van der Waals surface area contributed by atoms with Gasteiger partial charge in [-0.05, 0) is 77.1 Å². The first-order valence-corrected chi connectivity index (χ1v) is 11.0. The molecule has 0 unspecified atom stereocenters. The summed E-state index contributed by atoms with van der Waals surface area (Å²) in [5.74, 6) is 0. The van der Waals surface area contributed by atoms with Crippen molar-refractivity contribution in [3.8, 4) is 0 Å². The number of para-hydroxylation sites is 2. The molecule has 0 amide bonds. The summed E-state index contributed by atoms with van der Waals surface area (Å²) in [7, 11) is -0.920. The van der Waals surface area contributed by atoms with Crippen molar-refractivity contribution >= 4 is 47.0 Å². The van der Waals surface area contributed by atoms with E-state index in [-0.39, 0.29) is 0 Å². The molecule has 5 rings (SSSR count). The minimum atomic E-state index is -0.460. The zero-order chi connectivity index (χ0) is 22.4. The maximum atomic E-state index is 6.33. The van der Waals surface area contributed by atoms with Gasteiger partial charge in [-0.2, -0.15) is 0 Å². The first-order valence-electron chi connectivity index (χ1n) is 11.0. The fourth-order valence-corrected chi connectivity index (χ4v) is 4.24. The second-order valence-electron chi connectivity index (χ2n) is 10.8. The van der Waals surface area contributed by atoms with Gasteiger partial charge >= 0.3 is 14.2 Å². The SMILES string of the molecule is CC1(C)OB(c2cccc3c2[n-]c2c(B4OC(C)(C)C(C)(C)O4)cccc23)OC1(C)C. The van der Waals surface area contributed by atoms with Crippen LogP contribution in [-0.4, -0.2) is 36.6 Å². The van der Waals surface area contributed by atoms with Gasteiger partial charge in [0.25, 0.3) is 0 Å². The molecule has 2 fully saturated rings. The Morgan fingerprint density at radius 2 is 0.871 bits per heavy atom. The molecular formula is C24H30B2NO4-. The number of benzene rings is 2. The molecule has 5 nitrogen and oxygen atoms in total. The molecule has 0 saturated carbocycles. The van der Waals surface area contributed by atoms with Gasteiger partial charge in [-0.15, -0.1) is 11.0 Å². The highest BCUT2D eigenvalue weighted by atomic mass is 16.7. The molecule has 3 aromatic rings. The van der Waals surface area contributed by atoms with Crippen molar-refractivity contribution in [2.45, 2.75) is 77.8 Å². The van der Waals surface area contributed by atoms with Crippen molar-refractivity contribution in [3.05, 3.63) is 36.4 Å². The quantitative estimate of drug-likeness (QED) is 0.596. The van der Waals surface area contributed by atoms with Crippen LogP contribution in [0.25, 0.3) is 21.8 Å². The summed E-state index contributed by atoms with van der Waals surface area (Å²) in [5, 5.41) is 2.17. The van der Waals surface area contributed by atoms with Crippen molar-refractivity contribution in [1.29, 1.82) is 0 Å². The van der Waals surface area contributed by atoms with Crippen LogP contribution >= 0.6 is 0 Å². The number of fused-ring (bicyclic) bond motifs is 3. The third kappa shape index (κ3) is 3.01. The molecule has 3 heterocycles. The zero-order valence-corrected chi connectivity index (χ0v) is 19.7. The molecule has 7 heteroatoms. The van der Waals surface area contributed by atoms with Crippen molar-refractivity contribution in [2.75, 3.05) is 0 Å². The summed E-state index contributed by atoms with van der Waals surface area (Å²) in [6.07, 6.45) is 0. The summed E-state index contributed by atoms with van der Waals surface area (Å²) in [6.45, 7) is 16.5. The second-order valence-corrected chi connectivity index (χ2v) is 10.8. The molecule has 2 aliphatic rings. The van der Waals surface area contributed by atoms with E-state index in [1.165, 1.54) is 0 Å². The Kier molecular flexibility index (Phi) is 4.34. The van der Waals surface area contributed by atoms with Crippen LogP contribution in [0.3, 0.4) is 0 Å². The molecule has 0 spiro atoms. The first-order chi connectivity index (χ1) is 14.3. The van der Waals surface area contributed by atoms with Gasteiger partial charge in [0.05, 0.1) is 22.4 Å². The Labute approximate surface area is 185 Å². The van der Waals surface area contributed by atoms with Crippen LogP contribution in [0.2, 0.25) is 0 Å². The Hall–Kier alpha value is -1.79. The van der Waals surface area contributed by atoms with E-state index >= 15 is 0 Å². The Balaban J connectivity index is 1.64. The molecule has 0 aliphatic carbocycles. The molecule has 0 bridgehead atoms. The van der Waals surface area contributed by atoms with Crippen molar-refractivity contribution in [1.82, 2.24) is 4.98 Å². The number of rotatable bonds is 2. The lowest BCUT2D eigenvalue weighted by molar-refractivity contribution is 0.00578. The highest BCUT2D eigenvalue weighted by Crippen LogP contribution is 2.38. The fraction of sp³-hybridized carbons (Fsp3) is 0.500. The zero-order valence-electron chi connectivity index (χ0n) is 19.7. The van der Waals surface area contributed by atoms with Crippen LogP contribution in [-0.2, 0) is 18.6 Å². The smallest absolute Gasteiger partial charge is 0.493 e. The Morgan fingerprint density at radius 1 is 0.548 bits per heavy atom. The lowest BCUT2D eigenvalue weighted by Crippen LogP contribution is -2.41. The van der Waals surface area contributed by atoms with Crippen LogP contribution < -0.4 is 15.9 Å². The van der Waals surface area contributed by atoms with Gasteiger partial charge < -0.3 is 23.6 Å². The molecule has 2 aliphatic heterocycles. The summed E-state index contributed by atoms with van der Waals surface area (Å²) in [5.41, 5.74) is 2.10. The standard InChI is InChI=1S/C24H30B2NO4/c1-21(2)22(3,4)29-25(28-21)17-13-9-11-15-16-12-10-14-18(20(16)27-19(15)17)26-30-23(5,6)24(7,8)31-26/h9-14H,1-8H3/q-1. The van der Waals surface area contributed by atoms with Gasteiger partial charge in [0, 0.05) is 0 Å². The van der Waals surface area contributed by atoms with Gasteiger partial charge in [-0.1, -0.05) is 36.4 Å². The third-order valence-electron chi connectivity index (χ3n) is 7.66. The van der Waals surface area contributed by atoms with Crippen molar-refractivity contribution in [2.24, 2.45) is 0 Å². The van der Waals surface area contributed by atoms with E-state index in [1.807, 2.05) is 24.3 Å². The van der Waals surface area contributed by atoms with Crippen molar-refractivity contribution < 1.29 is 18.6 Å². The van der Waals surface area contributed by atoms with Gasteiger partial charge in [0.1, 0.15) is 0 Å². The van der Waals surface area contributed by atoms with E-state index in [1.54, 1.807) is 0 Å². The monoisotopic (exact) mass is 418 g/mol. The van der Waals surface area contributed by atoms with Crippen molar-refractivity contribution in [3.63, 3.8) is 0 Å². The molecule has 1 aromatic heterocycles. The molecular weight excluding hydrogens is 388 g/mol. The summed E-state index contributed by atoms with van der Waals surface area (Å²) in [4.78, 5) is 5.08. The number of hydrogen-bond donors (Lipinski definition) is 0. The normalized spacial score (nSPS) is 23.9. The van der Waals surface area contributed by atoms with Crippen LogP contribution in [0.4, 0.5) is 0 Å². The van der Waals surface area contributed by atoms with E-state index in [4.69, 9.17) is 23.6 Å². The molecule has 2 saturated heterocycles. The number of hydrogen-bond acceptors (Lipinski definition) is 4. The summed E-state index contributed by atoms with van der Waals surface area (Å²) >= 11 is 0. The summed E-state index contributed by atoms with van der Waals surface area (Å²) < 4.78 is 25.3. The lowest BCUT2D eigenvalue weighted by Gasteiger charge is -2.32. The van der Waals surface area contributed by atoms with E-state index in [9.17, 15) is 0 Å². The van der Waals surface area contributed by atoms with Crippen LogP contribution in [0, 0.1) is 0 Å². The highest BCUT2D eigenvalue weighted by Gasteiger charge is 2.53. The lowest BCUT2D eigenvalue weighted by atomic mass is 9.77. The first kappa shape index (κ1) is 21.1. The molecule has 162 valence electrons. The Bertz CT molecular complexity index is 1060. The van der Waals surface area contributed by atoms with Gasteiger partial charge in [0.2, 0.25) is 0 Å². The average Bonchev–Trinajstić information content (AvgIpc) is 3.21. The van der Waals surface area contributed by atoms with E-state index in [2.05, 4.69) is 67.5 Å². The van der Waals surface area contributed by atoms with E-state index < -0.39 is 36.6 Å². The van der Waals surface area contributed by atoms with E-state index in [0.29, 0.717) is 0 Å². The van der Waals surface area contributed by atoms with Gasteiger partial charge in [-0.3, -0.25) is 0 Å². The molecule has 0 radical (unpaired) electrons. The molecule has 2 aromatic carbocycles. The Morgan fingerprint density at radius 3 is 1.19 bits per heavy atom. The highest BCUT2D eigenvalue weighted by molar-refractivity contribution is 6.66. The average molecular weight is 418 g/mol. The molecule has 31 heavy (non-hydrogen) atoms. The van der Waals surface area contributed by atoms with E-state index in [0.717, 1.165) is 32.7 Å². The largest absolute Gasteiger partial charge is 0.657 e. The number of aromatic nitrogens is 1. The van der Waals surface area contributed by atoms with Crippen LogP contribution in [0.5, 0.6) is 0 Å². The maximum Gasteiger partial charge on any atom is 0.493 e. The van der Waals surface area contributed by atoms with Gasteiger partial charge in [-0.25, -0.2) is 0 Å². The van der Waals surface area contributed by atoms with Crippen LogP contribution in [0.15, 0.2) is 36.4 Å². The topological polar surface area (TPSA) is 51.0 Å². The predicted octanol–water partition coefficient (Wildman–Crippen LogP) is 3.55.